The zero-order valence-corrected chi connectivity index (χ0v) is 13.6. The van der Waals surface area contributed by atoms with Crippen molar-refractivity contribution >= 4 is 38.9 Å². The number of nitrogens with one attached hydrogen (secondary N) is 2. The molecular weight excluding hydrogens is 330 g/mol. The van der Waals surface area contributed by atoms with Crippen molar-refractivity contribution in [2.75, 3.05) is 17.6 Å². The average Bonchev–Trinajstić information content (AvgIpc) is 2.44. The van der Waals surface area contributed by atoms with Crippen molar-refractivity contribution in [1.82, 2.24) is 5.32 Å². The third-order valence-electron chi connectivity index (χ3n) is 3.11. The third-order valence-corrected chi connectivity index (χ3v) is 3.60. The van der Waals surface area contributed by atoms with Crippen LogP contribution in [0.3, 0.4) is 0 Å². The number of amides is 1. The Balaban J connectivity index is 2.30. The molecule has 5 heteroatoms. The summed E-state index contributed by atoms with van der Waals surface area (Å²) in [4.78, 5) is 11.9. The van der Waals surface area contributed by atoms with Crippen molar-refractivity contribution in [1.29, 1.82) is 0 Å². The summed E-state index contributed by atoms with van der Waals surface area (Å²) >= 11 is 3.44. The minimum atomic E-state index is -0.104. The number of hydrogen-bond acceptors (Lipinski definition) is 3. The Morgan fingerprint density at radius 3 is 2.62 bits per heavy atom. The molecule has 0 radical (unpaired) electrons. The Bertz CT molecular complexity index is 671. The van der Waals surface area contributed by atoms with Crippen LogP contribution in [-0.4, -0.2) is 12.5 Å². The van der Waals surface area contributed by atoms with Gasteiger partial charge in [-0.25, -0.2) is 0 Å². The van der Waals surface area contributed by atoms with Gasteiger partial charge in [0.25, 0.3) is 5.91 Å². The minimum Gasteiger partial charge on any atom is -0.397 e. The summed E-state index contributed by atoms with van der Waals surface area (Å²) in [5, 5.41) is 6.06. The van der Waals surface area contributed by atoms with Crippen molar-refractivity contribution in [3.63, 3.8) is 0 Å². The van der Waals surface area contributed by atoms with Gasteiger partial charge in [0.1, 0.15) is 0 Å². The van der Waals surface area contributed by atoms with E-state index in [0.29, 0.717) is 17.8 Å². The second-order valence-electron chi connectivity index (χ2n) is 4.75. The summed E-state index contributed by atoms with van der Waals surface area (Å²) in [5.41, 5.74) is 9.95. The van der Waals surface area contributed by atoms with Crippen LogP contribution in [0.5, 0.6) is 0 Å². The Kier molecular flexibility index (Phi) is 4.85. The van der Waals surface area contributed by atoms with E-state index in [1.165, 1.54) is 0 Å². The van der Waals surface area contributed by atoms with Gasteiger partial charge in [-0.1, -0.05) is 15.9 Å². The number of nitrogen functional groups attached to an aromatic ring is 1. The predicted octanol–water partition coefficient (Wildman–Crippen LogP) is 3.83. The monoisotopic (exact) mass is 347 g/mol. The Hall–Kier alpha value is -2.01. The molecule has 0 unspecified atom stereocenters. The third kappa shape index (κ3) is 3.76. The fraction of sp³-hybridized carbons (Fsp3) is 0.188. The van der Waals surface area contributed by atoms with Crippen LogP contribution in [0.25, 0.3) is 0 Å². The Labute approximate surface area is 132 Å². The number of nitrogens with two attached hydrogens (primary N) is 1. The van der Waals surface area contributed by atoms with E-state index in [2.05, 4.69) is 26.6 Å². The lowest BCUT2D eigenvalue weighted by atomic mass is 10.1. The fourth-order valence-electron chi connectivity index (χ4n) is 1.98. The van der Waals surface area contributed by atoms with Crippen molar-refractivity contribution < 1.29 is 4.79 Å². The lowest BCUT2D eigenvalue weighted by molar-refractivity contribution is 0.0956. The highest BCUT2D eigenvalue weighted by molar-refractivity contribution is 9.10. The van der Waals surface area contributed by atoms with Gasteiger partial charge in [-0.3, -0.25) is 4.79 Å². The number of carbonyl (C=O) groups is 1. The Morgan fingerprint density at radius 2 is 1.95 bits per heavy atom. The van der Waals surface area contributed by atoms with Crippen LogP contribution in [0, 0.1) is 6.92 Å². The number of benzene rings is 2. The van der Waals surface area contributed by atoms with Crippen LogP contribution < -0.4 is 16.4 Å². The molecule has 0 fully saturated rings. The molecule has 0 atom stereocenters. The van der Waals surface area contributed by atoms with Gasteiger partial charge in [-0.05, 0) is 55.8 Å². The largest absolute Gasteiger partial charge is 0.397 e. The first-order valence-electron chi connectivity index (χ1n) is 6.72. The number of anilines is 3. The number of hydrogen-bond donors (Lipinski definition) is 3. The standard InChI is InChI=1S/C16H18BrN3O/c1-3-19-16(21)11-4-6-13(18)15(9-11)20-14-7-5-12(17)8-10(14)2/h4-9,20H,3,18H2,1-2H3,(H,19,21). The zero-order chi connectivity index (χ0) is 15.4. The van der Waals surface area contributed by atoms with Gasteiger partial charge in [0, 0.05) is 22.3 Å². The fourth-order valence-corrected chi connectivity index (χ4v) is 2.46. The highest BCUT2D eigenvalue weighted by Gasteiger charge is 2.08. The number of aryl methyl sites for hydroxylation is 1. The second kappa shape index (κ2) is 6.63. The summed E-state index contributed by atoms with van der Waals surface area (Å²) in [5.74, 6) is -0.104. The van der Waals surface area contributed by atoms with Gasteiger partial charge in [-0.15, -0.1) is 0 Å². The van der Waals surface area contributed by atoms with Crippen molar-refractivity contribution in [3.8, 4) is 0 Å². The second-order valence-corrected chi connectivity index (χ2v) is 5.66. The molecule has 110 valence electrons. The van der Waals surface area contributed by atoms with E-state index in [9.17, 15) is 4.79 Å². The summed E-state index contributed by atoms with van der Waals surface area (Å²) < 4.78 is 1.02. The topological polar surface area (TPSA) is 67.2 Å². The zero-order valence-electron chi connectivity index (χ0n) is 12.0. The first-order valence-corrected chi connectivity index (χ1v) is 7.51. The molecule has 0 spiro atoms. The summed E-state index contributed by atoms with van der Waals surface area (Å²) in [6.07, 6.45) is 0. The van der Waals surface area contributed by atoms with Gasteiger partial charge >= 0.3 is 0 Å². The van der Waals surface area contributed by atoms with E-state index in [1.54, 1.807) is 18.2 Å². The van der Waals surface area contributed by atoms with Gasteiger partial charge in [0.15, 0.2) is 0 Å². The Morgan fingerprint density at radius 1 is 1.19 bits per heavy atom. The van der Waals surface area contributed by atoms with E-state index in [0.717, 1.165) is 21.4 Å². The molecule has 0 aliphatic rings. The molecule has 0 aliphatic carbocycles. The molecule has 21 heavy (non-hydrogen) atoms. The maximum atomic E-state index is 11.9. The molecule has 2 rings (SSSR count). The molecule has 4 N–H and O–H groups in total. The lowest BCUT2D eigenvalue weighted by Gasteiger charge is -2.13. The van der Waals surface area contributed by atoms with Crippen molar-refractivity contribution in [2.45, 2.75) is 13.8 Å². The molecule has 4 nitrogen and oxygen atoms in total. The average molecular weight is 348 g/mol. The van der Waals surface area contributed by atoms with Gasteiger partial charge < -0.3 is 16.4 Å². The maximum Gasteiger partial charge on any atom is 0.251 e. The smallest absolute Gasteiger partial charge is 0.251 e. The van der Waals surface area contributed by atoms with Crippen molar-refractivity contribution in [2.24, 2.45) is 0 Å². The number of carbonyl (C=O) groups excluding carboxylic acids is 1. The van der Waals surface area contributed by atoms with E-state index >= 15 is 0 Å². The van der Waals surface area contributed by atoms with Crippen LogP contribution in [0.2, 0.25) is 0 Å². The molecule has 0 aromatic heterocycles. The predicted molar refractivity (Wildman–Crippen MR) is 91.0 cm³/mol. The molecule has 0 bridgehead atoms. The van der Waals surface area contributed by atoms with Crippen LogP contribution in [0.4, 0.5) is 17.1 Å². The van der Waals surface area contributed by atoms with Gasteiger partial charge in [0.05, 0.1) is 11.4 Å². The maximum absolute atomic E-state index is 11.9. The SMILES string of the molecule is CCNC(=O)c1ccc(N)c(Nc2ccc(Br)cc2C)c1. The summed E-state index contributed by atoms with van der Waals surface area (Å²) in [7, 11) is 0. The van der Waals surface area contributed by atoms with Crippen LogP contribution >= 0.6 is 15.9 Å². The normalized spacial score (nSPS) is 10.2. The first kappa shape index (κ1) is 15.4. The van der Waals surface area contributed by atoms with Gasteiger partial charge in [-0.2, -0.15) is 0 Å². The molecule has 0 saturated carbocycles. The molecule has 0 heterocycles. The molecule has 0 saturated heterocycles. The summed E-state index contributed by atoms with van der Waals surface area (Å²) in [6.45, 7) is 4.49. The number of rotatable bonds is 4. The highest BCUT2D eigenvalue weighted by Crippen LogP contribution is 2.28. The lowest BCUT2D eigenvalue weighted by Crippen LogP contribution is -2.22. The van der Waals surface area contributed by atoms with Crippen LogP contribution in [-0.2, 0) is 0 Å². The molecule has 1 amide bonds. The van der Waals surface area contributed by atoms with E-state index in [4.69, 9.17) is 5.73 Å². The molecule has 0 aliphatic heterocycles. The van der Waals surface area contributed by atoms with Crippen molar-refractivity contribution in [3.05, 3.63) is 52.0 Å². The van der Waals surface area contributed by atoms with Gasteiger partial charge in [0.2, 0.25) is 0 Å². The van der Waals surface area contributed by atoms with E-state index in [1.807, 2.05) is 32.0 Å². The van der Waals surface area contributed by atoms with E-state index < -0.39 is 0 Å². The first-order chi connectivity index (χ1) is 10.0. The summed E-state index contributed by atoms with van der Waals surface area (Å²) in [6, 6.07) is 11.2. The van der Waals surface area contributed by atoms with Crippen LogP contribution in [0.1, 0.15) is 22.8 Å². The molecule has 2 aromatic rings. The molecule has 2 aromatic carbocycles. The highest BCUT2D eigenvalue weighted by atomic mass is 79.9. The quantitative estimate of drug-likeness (QED) is 0.736. The van der Waals surface area contributed by atoms with Crippen LogP contribution in [0.15, 0.2) is 40.9 Å². The number of halogens is 1. The molecular formula is C16H18BrN3O. The minimum absolute atomic E-state index is 0.104. The van der Waals surface area contributed by atoms with E-state index in [-0.39, 0.29) is 5.91 Å².